The van der Waals surface area contributed by atoms with Crippen molar-refractivity contribution in [1.82, 2.24) is 5.32 Å². The number of hydrogen-bond acceptors (Lipinski definition) is 3. The van der Waals surface area contributed by atoms with E-state index in [-0.39, 0.29) is 6.04 Å². The molecule has 80 valence electrons. The van der Waals surface area contributed by atoms with Crippen molar-refractivity contribution in [2.75, 3.05) is 19.8 Å². The van der Waals surface area contributed by atoms with Crippen LogP contribution >= 0.6 is 0 Å². The molecule has 3 heteroatoms. The number of aliphatic hydroxyl groups is 1. The van der Waals surface area contributed by atoms with Crippen LogP contribution in [0, 0.1) is 18.3 Å². The van der Waals surface area contributed by atoms with E-state index in [1.165, 1.54) is 12.8 Å². The Morgan fingerprint density at radius 1 is 1.64 bits per heavy atom. The SMILES string of the molecule is C#CC(C)NCC(O)COCC1CC1. The second-order valence-electron chi connectivity index (χ2n) is 3.93. The fourth-order valence-electron chi connectivity index (χ4n) is 1.09. The van der Waals surface area contributed by atoms with E-state index in [9.17, 15) is 5.11 Å². The van der Waals surface area contributed by atoms with Gasteiger partial charge in [0.25, 0.3) is 0 Å². The Balaban J connectivity index is 1.92. The first-order valence-electron chi connectivity index (χ1n) is 5.17. The molecule has 2 unspecified atom stereocenters. The predicted molar refractivity (Wildman–Crippen MR) is 55.8 cm³/mol. The maximum absolute atomic E-state index is 9.47. The maximum Gasteiger partial charge on any atom is 0.0898 e. The maximum atomic E-state index is 9.47. The van der Waals surface area contributed by atoms with Crippen LogP contribution in [0.4, 0.5) is 0 Å². The molecule has 0 amide bonds. The summed E-state index contributed by atoms with van der Waals surface area (Å²) in [7, 11) is 0. The topological polar surface area (TPSA) is 41.5 Å². The lowest BCUT2D eigenvalue weighted by molar-refractivity contribution is 0.0322. The third-order valence-electron chi connectivity index (χ3n) is 2.27. The lowest BCUT2D eigenvalue weighted by Gasteiger charge is -2.13. The van der Waals surface area contributed by atoms with Gasteiger partial charge in [-0.25, -0.2) is 0 Å². The summed E-state index contributed by atoms with van der Waals surface area (Å²) in [5.74, 6) is 3.29. The van der Waals surface area contributed by atoms with Crippen molar-refractivity contribution < 1.29 is 9.84 Å². The minimum Gasteiger partial charge on any atom is -0.389 e. The van der Waals surface area contributed by atoms with Crippen LogP contribution in [0.5, 0.6) is 0 Å². The summed E-state index contributed by atoms with van der Waals surface area (Å²) in [6.45, 7) is 3.58. The minimum absolute atomic E-state index is 0.00748. The molecule has 0 heterocycles. The third-order valence-corrected chi connectivity index (χ3v) is 2.27. The van der Waals surface area contributed by atoms with Gasteiger partial charge in [0, 0.05) is 13.2 Å². The molecule has 1 rings (SSSR count). The average Bonchev–Trinajstić information content (AvgIpc) is 2.98. The lowest BCUT2D eigenvalue weighted by Crippen LogP contribution is -2.35. The molecule has 1 aliphatic carbocycles. The zero-order valence-electron chi connectivity index (χ0n) is 8.70. The van der Waals surface area contributed by atoms with Crippen LogP contribution in [-0.4, -0.2) is 37.0 Å². The van der Waals surface area contributed by atoms with Crippen LogP contribution in [0.25, 0.3) is 0 Å². The zero-order chi connectivity index (χ0) is 10.4. The number of terminal acetylenes is 1. The summed E-state index contributed by atoms with van der Waals surface area (Å²) >= 11 is 0. The van der Waals surface area contributed by atoms with Gasteiger partial charge < -0.3 is 15.2 Å². The molecule has 0 aromatic heterocycles. The molecule has 2 N–H and O–H groups in total. The molecule has 0 saturated heterocycles. The highest BCUT2D eigenvalue weighted by atomic mass is 16.5. The first-order chi connectivity index (χ1) is 6.72. The van der Waals surface area contributed by atoms with E-state index < -0.39 is 6.10 Å². The van der Waals surface area contributed by atoms with Gasteiger partial charge in [-0.05, 0) is 25.7 Å². The van der Waals surface area contributed by atoms with Crippen molar-refractivity contribution in [1.29, 1.82) is 0 Å². The summed E-state index contributed by atoms with van der Waals surface area (Å²) < 4.78 is 5.34. The molecule has 3 nitrogen and oxygen atoms in total. The van der Waals surface area contributed by atoms with Crippen LogP contribution in [0.1, 0.15) is 19.8 Å². The third kappa shape index (κ3) is 5.23. The fourth-order valence-corrected chi connectivity index (χ4v) is 1.09. The van der Waals surface area contributed by atoms with E-state index in [0.717, 1.165) is 12.5 Å². The molecule has 1 fully saturated rings. The second kappa shape index (κ2) is 6.02. The van der Waals surface area contributed by atoms with Crippen molar-refractivity contribution in [2.45, 2.75) is 31.9 Å². The standard InChI is InChI=1S/C11H19NO2/c1-3-9(2)12-6-11(13)8-14-7-10-4-5-10/h1,9-13H,4-8H2,2H3. The number of nitrogens with one attached hydrogen (secondary N) is 1. The summed E-state index contributed by atoms with van der Waals surface area (Å²) in [5.41, 5.74) is 0. The highest BCUT2D eigenvalue weighted by Gasteiger charge is 2.21. The molecule has 0 bridgehead atoms. The molecule has 0 aromatic carbocycles. The monoisotopic (exact) mass is 197 g/mol. The zero-order valence-corrected chi connectivity index (χ0v) is 8.70. The number of ether oxygens (including phenoxy) is 1. The molecule has 14 heavy (non-hydrogen) atoms. The summed E-state index contributed by atoms with van der Waals surface area (Å²) in [5, 5.41) is 12.5. The van der Waals surface area contributed by atoms with Gasteiger partial charge in [0.15, 0.2) is 0 Å². The van der Waals surface area contributed by atoms with Gasteiger partial charge in [-0.15, -0.1) is 6.42 Å². The van der Waals surface area contributed by atoms with Crippen molar-refractivity contribution in [2.24, 2.45) is 5.92 Å². The number of hydrogen-bond donors (Lipinski definition) is 2. The van der Waals surface area contributed by atoms with E-state index >= 15 is 0 Å². The first kappa shape index (κ1) is 11.5. The van der Waals surface area contributed by atoms with E-state index in [1.54, 1.807) is 0 Å². The highest BCUT2D eigenvalue weighted by Crippen LogP contribution is 2.28. The summed E-state index contributed by atoms with van der Waals surface area (Å²) in [4.78, 5) is 0. The van der Waals surface area contributed by atoms with Gasteiger partial charge in [0.05, 0.1) is 18.8 Å². The van der Waals surface area contributed by atoms with Crippen LogP contribution in [0.3, 0.4) is 0 Å². The largest absolute Gasteiger partial charge is 0.389 e. The van der Waals surface area contributed by atoms with Gasteiger partial charge in [-0.3, -0.25) is 0 Å². The molecule has 0 aliphatic heterocycles. The quantitative estimate of drug-likeness (QED) is 0.580. The summed E-state index contributed by atoms with van der Waals surface area (Å²) in [6.07, 6.45) is 7.29. The van der Waals surface area contributed by atoms with Crippen LogP contribution in [-0.2, 0) is 4.74 Å². The Kier molecular flexibility index (Phi) is 4.95. The Morgan fingerprint density at radius 2 is 2.36 bits per heavy atom. The molecule has 1 saturated carbocycles. The van der Waals surface area contributed by atoms with Crippen molar-refractivity contribution in [3.8, 4) is 12.3 Å². The van der Waals surface area contributed by atoms with Crippen molar-refractivity contribution >= 4 is 0 Å². The Morgan fingerprint density at radius 3 is 2.93 bits per heavy atom. The second-order valence-corrected chi connectivity index (χ2v) is 3.93. The van der Waals surface area contributed by atoms with Gasteiger partial charge in [-0.2, -0.15) is 0 Å². The predicted octanol–water partition coefficient (Wildman–Crippen LogP) is 0.385. The van der Waals surface area contributed by atoms with Gasteiger partial charge in [-0.1, -0.05) is 5.92 Å². The van der Waals surface area contributed by atoms with Crippen LogP contribution in [0.2, 0.25) is 0 Å². The Labute approximate surface area is 85.8 Å². The smallest absolute Gasteiger partial charge is 0.0898 e. The van der Waals surface area contributed by atoms with Gasteiger partial charge in [0.2, 0.25) is 0 Å². The van der Waals surface area contributed by atoms with Crippen LogP contribution < -0.4 is 5.32 Å². The molecule has 0 aromatic rings. The Hall–Kier alpha value is -0.560. The molecule has 2 atom stereocenters. The average molecular weight is 197 g/mol. The number of rotatable bonds is 7. The van der Waals surface area contributed by atoms with E-state index in [1.807, 2.05) is 6.92 Å². The van der Waals surface area contributed by atoms with E-state index in [0.29, 0.717) is 13.2 Å². The number of aliphatic hydroxyl groups excluding tert-OH is 1. The van der Waals surface area contributed by atoms with Crippen LogP contribution in [0.15, 0.2) is 0 Å². The molecule has 0 spiro atoms. The lowest BCUT2D eigenvalue weighted by atomic mass is 10.3. The molecule has 1 aliphatic rings. The Bertz CT molecular complexity index is 196. The minimum atomic E-state index is -0.454. The molecule has 0 radical (unpaired) electrons. The van der Waals surface area contributed by atoms with E-state index in [2.05, 4.69) is 11.2 Å². The van der Waals surface area contributed by atoms with Gasteiger partial charge >= 0.3 is 0 Å². The molecular weight excluding hydrogens is 178 g/mol. The van der Waals surface area contributed by atoms with Crippen molar-refractivity contribution in [3.05, 3.63) is 0 Å². The fraction of sp³-hybridized carbons (Fsp3) is 0.818. The normalized spacial score (nSPS) is 20.1. The molecular formula is C11H19NO2. The first-order valence-corrected chi connectivity index (χ1v) is 5.17. The van der Waals surface area contributed by atoms with Gasteiger partial charge in [0.1, 0.15) is 0 Å². The van der Waals surface area contributed by atoms with Crippen molar-refractivity contribution in [3.63, 3.8) is 0 Å². The van der Waals surface area contributed by atoms with E-state index in [4.69, 9.17) is 11.2 Å². The summed E-state index contributed by atoms with van der Waals surface area (Å²) in [6, 6.07) is 0.00748. The highest BCUT2D eigenvalue weighted by molar-refractivity contribution is 4.95.